The van der Waals surface area contributed by atoms with Crippen LogP contribution in [0.5, 0.6) is 0 Å². The summed E-state index contributed by atoms with van der Waals surface area (Å²) in [5, 5.41) is 2.79. The van der Waals surface area contributed by atoms with E-state index in [-0.39, 0.29) is 17.4 Å². The van der Waals surface area contributed by atoms with E-state index in [0.29, 0.717) is 0 Å². The van der Waals surface area contributed by atoms with E-state index in [1.807, 2.05) is 48.5 Å². The van der Waals surface area contributed by atoms with Crippen molar-refractivity contribution in [2.75, 3.05) is 5.73 Å². The smallest absolute Gasteiger partial charge is 0.150 e. The minimum Gasteiger partial charge on any atom is -0.399 e. The summed E-state index contributed by atoms with van der Waals surface area (Å²) in [7, 11) is 0.777. The number of nitrogens with two attached hydrogens (primary N) is 1. The number of hydrogen-bond acceptors (Lipinski definition) is 2. The van der Waals surface area contributed by atoms with E-state index in [1.165, 1.54) is 10.6 Å². The number of carbonyl (C=O) groups is 1. The molecule has 0 radical (unpaired) electrons. The van der Waals surface area contributed by atoms with Crippen molar-refractivity contribution in [1.29, 1.82) is 0 Å². The Labute approximate surface area is 185 Å². The predicted octanol–water partition coefficient (Wildman–Crippen LogP) is 5.08. The molecule has 4 aromatic rings. The van der Waals surface area contributed by atoms with Gasteiger partial charge < -0.3 is 5.73 Å². The molecule has 0 unspecified atom stereocenters. The van der Waals surface area contributed by atoms with Gasteiger partial charge >= 0.3 is 0 Å². The fourth-order valence-corrected chi connectivity index (χ4v) is 3.25. The van der Waals surface area contributed by atoms with E-state index in [9.17, 15) is 4.79 Å². The third kappa shape index (κ3) is 11.0. The molecule has 0 aliphatic heterocycles. The molecule has 0 amide bonds. The first kappa shape index (κ1) is 24.4. The average molecular weight is 437 g/mol. The molecule has 146 valence electrons. The summed E-state index contributed by atoms with van der Waals surface area (Å²) in [6, 6.07) is 39.7. The largest absolute Gasteiger partial charge is 0.399 e. The number of para-hydroxylation sites is 1. The Hall–Kier alpha value is -2.69. The van der Waals surface area contributed by atoms with Crippen molar-refractivity contribution in [2.24, 2.45) is 0 Å². The molecule has 4 heteroatoms. The van der Waals surface area contributed by atoms with Crippen LogP contribution in [-0.2, 0) is 17.4 Å². The molecule has 0 aliphatic rings. The topological polar surface area (TPSA) is 43.1 Å². The SMILES string of the molecule is Nc1ccccc1.O=Cc1ccccc1.[Cr].c1ccc(Pc2ccccc2)cc1. The van der Waals surface area contributed by atoms with Gasteiger partial charge in [0, 0.05) is 28.6 Å². The Morgan fingerprint density at radius 3 is 1.17 bits per heavy atom. The Bertz CT molecular complexity index is 867. The van der Waals surface area contributed by atoms with Crippen LogP contribution in [0.15, 0.2) is 121 Å². The number of benzene rings is 4. The summed E-state index contributed by atoms with van der Waals surface area (Å²) in [6.45, 7) is 0. The second-order valence-corrected chi connectivity index (χ2v) is 7.20. The quantitative estimate of drug-likeness (QED) is 0.276. The molecule has 0 saturated heterocycles. The summed E-state index contributed by atoms with van der Waals surface area (Å²) in [5.41, 5.74) is 6.91. The van der Waals surface area contributed by atoms with Gasteiger partial charge in [0.05, 0.1) is 0 Å². The number of rotatable bonds is 3. The zero-order valence-electron chi connectivity index (χ0n) is 16.0. The molecule has 2 nitrogen and oxygen atoms in total. The van der Waals surface area contributed by atoms with E-state index >= 15 is 0 Å². The Balaban J connectivity index is 0.000000228. The van der Waals surface area contributed by atoms with Crippen LogP contribution in [0, 0.1) is 0 Å². The molecule has 29 heavy (non-hydrogen) atoms. The van der Waals surface area contributed by atoms with Crippen molar-refractivity contribution in [3.05, 3.63) is 127 Å². The summed E-state index contributed by atoms with van der Waals surface area (Å²) < 4.78 is 0. The van der Waals surface area contributed by atoms with Gasteiger partial charge in [-0.3, -0.25) is 4.79 Å². The van der Waals surface area contributed by atoms with Crippen molar-refractivity contribution < 1.29 is 22.2 Å². The zero-order chi connectivity index (χ0) is 19.9. The third-order valence-corrected chi connectivity index (χ3v) is 4.82. The van der Waals surface area contributed by atoms with E-state index in [1.54, 1.807) is 12.1 Å². The predicted molar refractivity (Wildman–Crippen MR) is 123 cm³/mol. The van der Waals surface area contributed by atoms with Crippen LogP contribution >= 0.6 is 8.58 Å². The molecule has 0 aliphatic carbocycles. The van der Waals surface area contributed by atoms with Gasteiger partial charge in [0.25, 0.3) is 0 Å². The second-order valence-electron chi connectivity index (χ2n) is 5.80. The number of anilines is 1. The Kier molecular flexibility index (Phi) is 12.8. The van der Waals surface area contributed by atoms with Crippen molar-refractivity contribution in [3.63, 3.8) is 0 Å². The average Bonchev–Trinajstić information content (AvgIpc) is 2.77. The van der Waals surface area contributed by atoms with E-state index in [4.69, 9.17) is 5.73 Å². The number of carbonyl (C=O) groups excluding carboxylic acids is 1. The van der Waals surface area contributed by atoms with Gasteiger partial charge in [0.1, 0.15) is 6.29 Å². The van der Waals surface area contributed by atoms with Gasteiger partial charge in [0.15, 0.2) is 0 Å². The summed E-state index contributed by atoms with van der Waals surface area (Å²) in [4.78, 5) is 10.0. The minimum atomic E-state index is 0. The number of aldehydes is 1. The van der Waals surface area contributed by atoms with Crippen molar-refractivity contribution in [1.82, 2.24) is 0 Å². The van der Waals surface area contributed by atoms with Crippen LogP contribution in [0.3, 0.4) is 0 Å². The van der Waals surface area contributed by atoms with Gasteiger partial charge in [-0.25, -0.2) is 0 Å². The fraction of sp³-hybridized carbons (Fsp3) is 0. The minimum absolute atomic E-state index is 0. The van der Waals surface area contributed by atoms with Gasteiger partial charge in [-0.1, -0.05) is 118 Å². The molecule has 4 aromatic carbocycles. The van der Waals surface area contributed by atoms with Crippen molar-refractivity contribution in [2.45, 2.75) is 0 Å². The maximum Gasteiger partial charge on any atom is 0.150 e. The molecule has 0 atom stereocenters. The summed E-state index contributed by atoms with van der Waals surface area (Å²) in [5.74, 6) is 0. The van der Waals surface area contributed by atoms with Crippen LogP contribution in [-0.4, -0.2) is 6.29 Å². The van der Waals surface area contributed by atoms with Crippen molar-refractivity contribution in [3.8, 4) is 0 Å². The maximum atomic E-state index is 10.0. The molecular weight excluding hydrogens is 413 g/mol. The molecule has 0 fully saturated rings. The van der Waals surface area contributed by atoms with Gasteiger partial charge in [-0.2, -0.15) is 0 Å². The summed E-state index contributed by atoms with van der Waals surface area (Å²) in [6.07, 6.45) is 0.833. The number of hydrogen-bond donors (Lipinski definition) is 1. The van der Waals surface area contributed by atoms with Gasteiger partial charge in [0.2, 0.25) is 0 Å². The van der Waals surface area contributed by atoms with Gasteiger partial charge in [-0.05, 0) is 22.7 Å². The first-order chi connectivity index (χ1) is 13.8. The zero-order valence-corrected chi connectivity index (χ0v) is 18.3. The molecule has 0 heterocycles. The molecule has 0 aromatic heterocycles. The van der Waals surface area contributed by atoms with Crippen LogP contribution in [0.2, 0.25) is 0 Å². The normalized spacial score (nSPS) is 8.83. The van der Waals surface area contributed by atoms with Crippen LogP contribution in [0.4, 0.5) is 5.69 Å². The molecule has 0 saturated carbocycles. The maximum absolute atomic E-state index is 10.0. The molecule has 0 spiro atoms. The standard InChI is InChI=1S/C12H11P.C7H6O.C6H7N.Cr/c1-3-7-11(8-4-1)13-12-9-5-2-6-10-12;8-6-7-4-2-1-3-5-7;7-6-4-2-1-3-5-6;/h1-10,13H;1-6H;1-5H,7H2;. The van der Waals surface area contributed by atoms with Gasteiger partial charge in [-0.15, -0.1) is 0 Å². The molecule has 0 bridgehead atoms. The van der Waals surface area contributed by atoms with E-state index < -0.39 is 0 Å². The Morgan fingerprint density at radius 2 is 0.897 bits per heavy atom. The Morgan fingerprint density at radius 1 is 0.552 bits per heavy atom. The first-order valence-electron chi connectivity index (χ1n) is 8.96. The number of nitrogen functional groups attached to an aromatic ring is 1. The van der Waals surface area contributed by atoms with Crippen LogP contribution < -0.4 is 16.3 Å². The van der Waals surface area contributed by atoms with E-state index in [0.717, 1.165) is 26.1 Å². The van der Waals surface area contributed by atoms with E-state index in [2.05, 4.69) is 60.7 Å². The fourth-order valence-electron chi connectivity index (χ4n) is 2.19. The second kappa shape index (κ2) is 15.3. The van der Waals surface area contributed by atoms with Crippen molar-refractivity contribution >= 4 is 31.2 Å². The molecule has 2 N–H and O–H groups in total. The van der Waals surface area contributed by atoms with Crippen LogP contribution in [0.25, 0.3) is 0 Å². The summed E-state index contributed by atoms with van der Waals surface area (Å²) >= 11 is 0. The molecule has 4 rings (SSSR count). The molecular formula is C25H24CrNOP. The third-order valence-electron chi connectivity index (χ3n) is 3.57. The monoisotopic (exact) mass is 437 g/mol. The first-order valence-corrected chi connectivity index (χ1v) is 9.96. The van der Waals surface area contributed by atoms with Crippen LogP contribution in [0.1, 0.15) is 10.4 Å².